The van der Waals surface area contributed by atoms with Gasteiger partial charge in [0.2, 0.25) is 5.91 Å². The third-order valence-electron chi connectivity index (χ3n) is 3.81. The lowest BCUT2D eigenvalue weighted by atomic mass is 10.0. The molecule has 0 bridgehead atoms. The molecule has 0 aromatic heterocycles. The molecule has 1 aliphatic heterocycles. The maximum Gasteiger partial charge on any atom is 0.253 e. The molecule has 1 heterocycles. The number of hydrogen-bond acceptors (Lipinski definition) is 2. The molecule has 1 aromatic carbocycles. The summed E-state index contributed by atoms with van der Waals surface area (Å²) in [6, 6.07) is 7.66. The Hall–Kier alpha value is -1.36. The number of benzene rings is 1. The van der Waals surface area contributed by atoms with Gasteiger partial charge in [-0.15, -0.1) is 0 Å². The van der Waals surface area contributed by atoms with Crippen molar-refractivity contribution in [3.8, 4) is 0 Å². The first-order valence-electron chi connectivity index (χ1n) is 7.80. The third-order valence-corrected chi connectivity index (χ3v) is 4.31. The zero-order valence-corrected chi connectivity index (χ0v) is 14.7. The van der Waals surface area contributed by atoms with Crippen LogP contribution >= 0.6 is 15.9 Å². The van der Waals surface area contributed by atoms with Gasteiger partial charge in [-0.25, -0.2) is 0 Å². The minimum absolute atomic E-state index is 0.0632. The van der Waals surface area contributed by atoms with Gasteiger partial charge >= 0.3 is 0 Å². The number of nitrogens with one attached hydrogen (secondary N) is 1. The molecule has 0 spiro atoms. The summed E-state index contributed by atoms with van der Waals surface area (Å²) in [5, 5.41) is 3.07. The number of halogens is 1. The highest BCUT2D eigenvalue weighted by molar-refractivity contribution is 9.10. The minimum atomic E-state index is 0.0632. The number of carbonyl (C=O) groups is 2. The molecule has 1 aromatic rings. The Morgan fingerprint density at radius 3 is 2.59 bits per heavy atom. The lowest BCUT2D eigenvalue weighted by molar-refractivity contribution is -0.122. The van der Waals surface area contributed by atoms with Crippen LogP contribution in [-0.4, -0.2) is 35.8 Å². The van der Waals surface area contributed by atoms with Crippen LogP contribution in [0.2, 0.25) is 0 Å². The maximum absolute atomic E-state index is 12.4. The monoisotopic (exact) mass is 366 g/mol. The lowest BCUT2D eigenvalue weighted by Crippen LogP contribution is -2.46. The van der Waals surface area contributed by atoms with E-state index in [1.54, 1.807) is 0 Å². The molecule has 0 saturated carbocycles. The summed E-state index contributed by atoms with van der Waals surface area (Å²) in [7, 11) is 0. The molecular weight excluding hydrogens is 344 g/mol. The summed E-state index contributed by atoms with van der Waals surface area (Å²) >= 11 is 3.39. The summed E-state index contributed by atoms with van der Waals surface area (Å²) in [6.07, 6.45) is 2.21. The van der Waals surface area contributed by atoms with E-state index in [2.05, 4.69) is 21.2 Å². The van der Waals surface area contributed by atoms with Crippen molar-refractivity contribution >= 4 is 27.7 Å². The van der Waals surface area contributed by atoms with Crippen LogP contribution in [0.4, 0.5) is 0 Å². The van der Waals surface area contributed by atoms with Crippen LogP contribution in [0.1, 0.15) is 43.5 Å². The third kappa shape index (κ3) is 4.83. The van der Waals surface area contributed by atoms with Crippen molar-refractivity contribution in [1.29, 1.82) is 0 Å². The number of carbonyl (C=O) groups excluding carboxylic acids is 2. The van der Waals surface area contributed by atoms with Gasteiger partial charge in [0, 0.05) is 35.6 Å². The van der Waals surface area contributed by atoms with Crippen LogP contribution < -0.4 is 5.32 Å². The molecule has 0 unspecified atom stereocenters. The van der Waals surface area contributed by atoms with Crippen molar-refractivity contribution in [3.63, 3.8) is 0 Å². The number of likely N-dealkylation sites (tertiary alicyclic amines) is 1. The summed E-state index contributed by atoms with van der Waals surface area (Å²) in [4.78, 5) is 26.1. The Kier molecular flexibility index (Phi) is 6.00. The van der Waals surface area contributed by atoms with Crippen molar-refractivity contribution in [2.45, 2.75) is 39.2 Å². The highest BCUT2D eigenvalue weighted by atomic mass is 79.9. The summed E-state index contributed by atoms with van der Waals surface area (Å²) < 4.78 is 0.911. The van der Waals surface area contributed by atoms with Crippen LogP contribution in [0.25, 0.3) is 0 Å². The zero-order valence-electron chi connectivity index (χ0n) is 13.1. The van der Waals surface area contributed by atoms with Gasteiger partial charge in [-0.2, -0.15) is 0 Å². The molecule has 22 heavy (non-hydrogen) atoms. The van der Waals surface area contributed by atoms with Crippen LogP contribution in [0.15, 0.2) is 28.7 Å². The minimum Gasteiger partial charge on any atom is -0.353 e. The smallest absolute Gasteiger partial charge is 0.253 e. The van der Waals surface area contributed by atoms with Gasteiger partial charge in [-0.05, 0) is 37.0 Å². The highest BCUT2D eigenvalue weighted by Crippen LogP contribution is 2.17. The van der Waals surface area contributed by atoms with Gasteiger partial charge in [-0.1, -0.05) is 35.8 Å². The molecule has 0 radical (unpaired) electrons. The van der Waals surface area contributed by atoms with E-state index in [4.69, 9.17) is 0 Å². The Morgan fingerprint density at radius 1 is 1.32 bits per heavy atom. The first kappa shape index (κ1) is 17.0. The fraction of sp³-hybridized carbons (Fsp3) is 0.529. The number of rotatable bonds is 4. The van der Waals surface area contributed by atoms with E-state index >= 15 is 0 Å². The van der Waals surface area contributed by atoms with E-state index < -0.39 is 0 Å². The normalized spacial score (nSPS) is 15.9. The van der Waals surface area contributed by atoms with Crippen molar-refractivity contribution in [1.82, 2.24) is 10.2 Å². The van der Waals surface area contributed by atoms with Crippen molar-refractivity contribution in [2.24, 2.45) is 5.92 Å². The number of nitrogens with zero attached hydrogens (tertiary/aromatic N) is 1. The van der Waals surface area contributed by atoms with Gasteiger partial charge in [0.25, 0.3) is 5.91 Å². The SMILES string of the molecule is CC(C)CC(=O)NC1CCN(C(=O)c2cccc(Br)c2)CC1. The van der Waals surface area contributed by atoms with Crippen molar-refractivity contribution < 1.29 is 9.59 Å². The number of piperidine rings is 1. The summed E-state index contributed by atoms with van der Waals surface area (Å²) in [5.74, 6) is 0.554. The quantitative estimate of drug-likeness (QED) is 0.889. The second-order valence-electron chi connectivity index (χ2n) is 6.24. The molecule has 0 atom stereocenters. The average molecular weight is 367 g/mol. The van der Waals surface area contributed by atoms with E-state index in [9.17, 15) is 9.59 Å². The van der Waals surface area contributed by atoms with Crippen LogP contribution in [0.3, 0.4) is 0 Å². The molecule has 120 valence electrons. The molecule has 0 aliphatic carbocycles. The topological polar surface area (TPSA) is 49.4 Å². The summed E-state index contributed by atoms with van der Waals surface area (Å²) in [6.45, 7) is 5.47. The zero-order chi connectivity index (χ0) is 16.1. The standard InChI is InChI=1S/C17H23BrN2O2/c1-12(2)10-16(21)19-15-6-8-20(9-7-15)17(22)13-4-3-5-14(18)11-13/h3-5,11-12,15H,6-10H2,1-2H3,(H,19,21). The molecule has 2 rings (SSSR count). The van der Waals surface area contributed by atoms with Gasteiger partial charge in [0.1, 0.15) is 0 Å². The average Bonchev–Trinajstić information content (AvgIpc) is 2.46. The first-order valence-corrected chi connectivity index (χ1v) is 8.59. The number of hydrogen-bond donors (Lipinski definition) is 1. The Balaban J connectivity index is 1.84. The van der Waals surface area contributed by atoms with Gasteiger partial charge < -0.3 is 10.2 Å². The van der Waals surface area contributed by atoms with E-state index in [1.807, 2.05) is 43.0 Å². The Labute approximate surface area is 140 Å². The fourth-order valence-corrected chi connectivity index (χ4v) is 3.09. The van der Waals surface area contributed by atoms with E-state index in [-0.39, 0.29) is 17.9 Å². The van der Waals surface area contributed by atoms with Gasteiger partial charge in [0.05, 0.1) is 0 Å². The van der Waals surface area contributed by atoms with E-state index in [1.165, 1.54) is 0 Å². The van der Waals surface area contributed by atoms with Crippen LogP contribution in [-0.2, 0) is 4.79 Å². The van der Waals surface area contributed by atoms with E-state index in [0.717, 1.165) is 17.3 Å². The molecule has 1 saturated heterocycles. The molecule has 5 heteroatoms. The van der Waals surface area contributed by atoms with Gasteiger partial charge in [0.15, 0.2) is 0 Å². The summed E-state index contributed by atoms with van der Waals surface area (Å²) in [5.41, 5.74) is 0.705. The lowest BCUT2D eigenvalue weighted by Gasteiger charge is -2.32. The number of amides is 2. The molecule has 1 fully saturated rings. The van der Waals surface area contributed by atoms with Crippen molar-refractivity contribution in [3.05, 3.63) is 34.3 Å². The van der Waals surface area contributed by atoms with Crippen molar-refractivity contribution in [2.75, 3.05) is 13.1 Å². The van der Waals surface area contributed by atoms with Gasteiger partial charge in [-0.3, -0.25) is 9.59 Å². The molecule has 1 aliphatic rings. The predicted octanol–water partition coefficient (Wildman–Crippen LogP) is 3.22. The highest BCUT2D eigenvalue weighted by Gasteiger charge is 2.24. The fourth-order valence-electron chi connectivity index (χ4n) is 2.69. The largest absolute Gasteiger partial charge is 0.353 e. The van der Waals surface area contributed by atoms with Crippen LogP contribution in [0.5, 0.6) is 0 Å². The van der Waals surface area contributed by atoms with Crippen LogP contribution in [0, 0.1) is 5.92 Å². The Morgan fingerprint density at radius 2 is 2.00 bits per heavy atom. The van der Waals surface area contributed by atoms with E-state index in [0.29, 0.717) is 31.0 Å². The second-order valence-corrected chi connectivity index (χ2v) is 7.16. The molecule has 4 nitrogen and oxygen atoms in total. The molecular formula is C17H23BrN2O2. The molecule has 2 amide bonds. The first-order chi connectivity index (χ1) is 10.5. The Bertz CT molecular complexity index is 537. The second kappa shape index (κ2) is 7.77. The predicted molar refractivity (Wildman–Crippen MR) is 90.7 cm³/mol. The maximum atomic E-state index is 12.4. The molecule has 1 N–H and O–H groups in total.